The van der Waals surface area contributed by atoms with Crippen molar-refractivity contribution in [1.82, 2.24) is 10.4 Å². The summed E-state index contributed by atoms with van der Waals surface area (Å²) in [6, 6.07) is 0. The Morgan fingerprint density at radius 3 is 2.55 bits per heavy atom. The molecule has 0 spiro atoms. The number of rotatable bonds is 4. The maximum atomic E-state index is 10.7. The predicted molar refractivity (Wildman–Crippen MR) is 41.3 cm³/mol. The average molecular weight is 159 g/mol. The molecule has 0 aromatic carbocycles. The lowest BCUT2D eigenvalue weighted by molar-refractivity contribution is -0.118. The summed E-state index contributed by atoms with van der Waals surface area (Å²) >= 11 is 0. The first-order chi connectivity index (χ1) is 5.24. The van der Waals surface area contributed by atoms with Crippen molar-refractivity contribution in [1.29, 1.82) is 0 Å². The van der Waals surface area contributed by atoms with Crippen molar-refractivity contribution in [2.75, 3.05) is 13.1 Å². The summed E-state index contributed by atoms with van der Waals surface area (Å²) < 4.78 is 0. The molecule has 0 radical (unpaired) electrons. The van der Waals surface area contributed by atoms with Crippen molar-refractivity contribution in [3.63, 3.8) is 0 Å². The number of carbonyl (C=O) groups excluding carboxylic acids is 1. The van der Waals surface area contributed by atoms with E-state index in [0.717, 1.165) is 19.3 Å². The maximum absolute atomic E-state index is 10.7. The van der Waals surface area contributed by atoms with Crippen LogP contribution >= 0.6 is 0 Å². The topological polar surface area (TPSA) is 64.9 Å². The van der Waals surface area contributed by atoms with Gasteiger partial charge in [0.15, 0.2) is 0 Å². The van der Waals surface area contributed by atoms with Gasteiger partial charge in [-0.25, -0.2) is 5.01 Å². The Hall–Kier alpha value is -1.10. The average Bonchev–Trinajstić information content (AvgIpc) is 2.01. The largest absolute Gasteiger partial charge is 0.411 e. The van der Waals surface area contributed by atoms with E-state index in [0.29, 0.717) is 0 Å². The lowest BCUT2D eigenvalue weighted by Gasteiger charge is -2.17. The van der Waals surface area contributed by atoms with E-state index in [1.54, 1.807) is 5.01 Å². The summed E-state index contributed by atoms with van der Waals surface area (Å²) in [5.74, 6) is -0.420. The molecule has 0 atom stereocenters. The monoisotopic (exact) mass is 159 g/mol. The summed E-state index contributed by atoms with van der Waals surface area (Å²) in [4.78, 5) is 10.7. The van der Waals surface area contributed by atoms with Gasteiger partial charge in [0.2, 0.25) is 0 Å². The highest BCUT2D eigenvalue weighted by molar-refractivity contribution is 6.25. The summed E-state index contributed by atoms with van der Waals surface area (Å²) in [5, 5.41) is 12.3. The summed E-state index contributed by atoms with van der Waals surface area (Å²) in [6.07, 6.45) is 0.818. The first kappa shape index (κ1) is 9.90. The van der Waals surface area contributed by atoms with Gasteiger partial charge in [-0.3, -0.25) is 10.2 Å². The molecule has 0 saturated carbocycles. The van der Waals surface area contributed by atoms with Crippen LogP contribution in [0.1, 0.15) is 13.8 Å². The molecule has 0 heterocycles. The van der Waals surface area contributed by atoms with Gasteiger partial charge in [0.25, 0.3) is 5.91 Å². The minimum Gasteiger partial charge on any atom is -0.411 e. The number of hydrazine groups is 1. The van der Waals surface area contributed by atoms with Gasteiger partial charge < -0.3 is 5.21 Å². The van der Waals surface area contributed by atoms with Crippen LogP contribution in [0.25, 0.3) is 0 Å². The molecule has 5 nitrogen and oxygen atoms in total. The Balaban J connectivity index is 3.71. The van der Waals surface area contributed by atoms with Crippen molar-refractivity contribution >= 4 is 12.1 Å². The molecule has 0 aliphatic heterocycles. The van der Waals surface area contributed by atoms with Crippen molar-refractivity contribution < 1.29 is 10.0 Å². The molecule has 0 aliphatic rings. The second-order valence-corrected chi connectivity index (χ2v) is 1.89. The van der Waals surface area contributed by atoms with Gasteiger partial charge in [-0.05, 0) is 0 Å². The molecule has 0 aromatic heterocycles. The highest BCUT2D eigenvalue weighted by atomic mass is 16.4. The number of nitrogens with zero attached hydrogens (tertiary/aromatic N) is 2. The second-order valence-electron chi connectivity index (χ2n) is 1.89. The predicted octanol–water partition coefficient (Wildman–Crippen LogP) is -0.181. The summed E-state index contributed by atoms with van der Waals surface area (Å²) in [7, 11) is 0. The minimum absolute atomic E-state index is 0.420. The highest BCUT2D eigenvalue weighted by Crippen LogP contribution is 1.78. The zero-order valence-corrected chi connectivity index (χ0v) is 6.74. The van der Waals surface area contributed by atoms with Gasteiger partial charge in [-0.1, -0.05) is 19.0 Å². The van der Waals surface area contributed by atoms with Crippen LogP contribution in [0, 0.1) is 0 Å². The Morgan fingerprint density at radius 1 is 1.64 bits per heavy atom. The third-order valence-electron chi connectivity index (χ3n) is 1.21. The van der Waals surface area contributed by atoms with E-state index < -0.39 is 5.91 Å². The first-order valence-corrected chi connectivity index (χ1v) is 3.47. The van der Waals surface area contributed by atoms with E-state index in [4.69, 9.17) is 5.21 Å². The molecule has 5 heteroatoms. The fraction of sp³-hybridized carbons (Fsp3) is 0.667. The zero-order chi connectivity index (χ0) is 8.69. The standard InChI is InChI=1S/C6H13N3O2/c1-3-9(4-2)8-6(10)5-7-11/h5,11H,3-4H2,1-2H3,(H,8,10)/b7-5+. The molecular formula is C6H13N3O2. The lowest BCUT2D eigenvalue weighted by atomic mass is 10.6. The molecule has 0 rings (SSSR count). The van der Waals surface area contributed by atoms with Gasteiger partial charge in [-0.15, -0.1) is 0 Å². The van der Waals surface area contributed by atoms with Gasteiger partial charge in [0.05, 0.1) is 0 Å². The van der Waals surface area contributed by atoms with Gasteiger partial charge >= 0.3 is 0 Å². The van der Waals surface area contributed by atoms with Gasteiger partial charge in [-0.2, -0.15) is 0 Å². The molecule has 0 unspecified atom stereocenters. The number of carbonyl (C=O) groups is 1. The minimum atomic E-state index is -0.420. The SMILES string of the molecule is CCN(CC)NC(=O)/C=N/O. The number of hydrogen-bond donors (Lipinski definition) is 2. The number of nitrogens with one attached hydrogen (secondary N) is 1. The van der Waals surface area contributed by atoms with E-state index in [9.17, 15) is 4.79 Å². The number of oxime groups is 1. The fourth-order valence-corrected chi connectivity index (χ4v) is 0.619. The molecule has 64 valence electrons. The smallest absolute Gasteiger partial charge is 0.280 e. The second kappa shape index (κ2) is 5.67. The maximum Gasteiger partial charge on any atom is 0.280 e. The van der Waals surface area contributed by atoms with Crippen molar-refractivity contribution in [2.45, 2.75) is 13.8 Å². The van der Waals surface area contributed by atoms with Crippen LogP contribution in [-0.4, -0.2) is 35.4 Å². The molecule has 0 saturated heterocycles. The molecule has 11 heavy (non-hydrogen) atoms. The zero-order valence-electron chi connectivity index (χ0n) is 6.74. The van der Waals surface area contributed by atoms with Crippen molar-refractivity contribution in [3.8, 4) is 0 Å². The van der Waals surface area contributed by atoms with Crippen LogP contribution in [0.15, 0.2) is 5.16 Å². The van der Waals surface area contributed by atoms with Crippen LogP contribution in [0.2, 0.25) is 0 Å². The summed E-state index contributed by atoms with van der Waals surface area (Å²) in [6.45, 7) is 5.28. The number of hydrogen-bond acceptors (Lipinski definition) is 4. The van der Waals surface area contributed by atoms with Crippen LogP contribution in [-0.2, 0) is 4.79 Å². The normalized spacial score (nSPS) is 10.8. The Bertz CT molecular complexity index is 143. The fourth-order valence-electron chi connectivity index (χ4n) is 0.619. The van der Waals surface area contributed by atoms with E-state index in [1.807, 2.05) is 13.8 Å². The Morgan fingerprint density at radius 2 is 2.18 bits per heavy atom. The van der Waals surface area contributed by atoms with Gasteiger partial charge in [0, 0.05) is 13.1 Å². The first-order valence-electron chi connectivity index (χ1n) is 3.47. The molecule has 1 amide bonds. The molecule has 0 bridgehead atoms. The van der Waals surface area contributed by atoms with Crippen LogP contribution in [0.4, 0.5) is 0 Å². The van der Waals surface area contributed by atoms with Crippen LogP contribution in [0.3, 0.4) is 0 Å². The molecule has 0 fully saturated rings. The van der Waals surface area contributed by atoms with Crippen LogP contribution in [0.5, 0.6) is 0 Å². The molecule has 0 aliphatic carbocycles. The molecule has 2 N–H and O–H groups in total. The van der Waals surface area contributed by atoms with Crippen molar-refractivity contribution in [3.05, 3.63) is 0 Å². The third-order valence-corrected chi connectivity index (χ3v) is 1.21. The Labute approximate surface area is 65.6 Å². The van der Waals surface area contributed by atoms with Crippen LogP contribution < -0.4 is 5.43 Å². The third kappa shape index (κ3) is 4.32. The van der Waals surface area contributed by atoms with E-state index in [-0.39, 0.29) is 0 Å². The van der Waals surface area contributed by atoms with E-state index in [1.165, 1.54) is 0 Å². The van der Waals surface area contributed by atoms with Crippen molar-refractivity contribution in [2.24, 2.45) is 5.16 Å². The molecular weight excluding hydrogens is 146 g/mol. The Kier molecular flexibility index (Phi) is 5.10. The summed E-state index contributed by atoms with van der Waals surface area (Å²) in [5.41, 5.74) is 2.50. The lowest BCUT2D eigenvalue weighted by Crippen LogP contribution is -2.42. The quantitative estimate of drug-likeness (QED) is 0.340. The molecule has 0 aromatic rings. The number of amides is 1. The van der Waals surface area contributed by atoms with E-state index >= 15 is 0 Å². The van der Waals surface area contributed by atoms with Gasteiger partial charge in [0.1, 0.15) is 6.21 Å². The highest BCUT2D eigenvalue weighted by Gasteiger charge is 2.01. The van der Waals surface area contributed by atoms with E-state index in [2.05, 4.69) is 10.6 Å².